The molecular weight excluding hydrogens is 359 g/mol. The summed E-state index contributed by atoms with van der Waals surface area (Å²) in [5.41, 5.74) is 4.60. The maximum atomic E-state index is 13.2. The number of halogens is 1. The first-order chi connectivity index (χ1) is 13.0. The van der Waals surface area contributed by atoms with Gasteiger partial charge in [0, 0.05) is 31.1 Å². The van der Waals surface area contributed by atoms with Crippen LogP contribution in [0.4, 0.5) is 3.89 Å². The minimum Gasteiger partial charge on any atom is -0.389 e. The van der Waals surface area contributed by atoms with Crippen molar-refractivity contribution in [2.24, 2.45) is 9.98 Å². The van der Waals surface area contributed by atoms with E-state index in [1.807, 2.05) is 38.2 Å². The average molecular weight is 391 g/mol. The fourth-order valence-electron chi connectivity index (χ4n) is 2.52. The smallest absolute Gasteiger partial charge is 0.0847 e. The normalized spacial score (nSPS) is 13.9. The Morgan fingerprint density at radius 2 is 1.89 bits per heavy atom. The molecule has 0 atom stereocenters. The van der Waals surface area contributed by atoms with E-state index >= 15 is 0 Å². The van der Waals surface area contributed by atoms with Crippen molar-refractivity contribution in [2.45, 2.75) is 33.6 Å². The summed E-state index contributed by atoms with van der Waals surface area (Å²) in [5.74, 6) is 0. The predicted octanol–water partition coefficient (Wildman–Crippen LogP) is 4.83. The second-order valence-corrected chi connectivity index (χ2v) is 6.88. The fraction of sp³-hybridized carbons (Fsp3) is 0.429. The summed E-state index contributed by atoms with van der Waals surface area (Å²) in [6, 6.07) is 8.08. The standard InChI is InChI=1S/C21H31FN4S/c1-16-10-6-7-11-19(16)20(26-18(3)21(27-22)15-24-5)14-17(2)25-13-9-8-12-23-4/h6-7,10-11,14-15,23,25H,8-9,12-13H2,1-5H3/b17-14+,21-18-,24-15?,26-20+. The molecule has 0 unspecified atom stereocenters. The summed E-state index contributed by atoms with van der Waals surface area (Å²) in [4.78, 5) is 9.03. The van der Waals surface area contributed by atoms with E-state index in [9.17, 15) is 3.89 Å². The predicted molar refractivity (Wildman–Crippen MR) is 118 cm³/mol. The second-order valence-electron chi connectivity index (χ2n) is 6.29. The quantitative estimate of drug-likeness (QED) is 0.420. The van der Waals surface area contributed by atoms with Gasteiger partial charge in [-0.3, -0.25) is 9.98 Å². The minimum atomic E-state index is 0.165. The summed E-state index contributed by atoms with van der Waals surface area (Å²) in [5, 5.41) is 6.59. The van der Waals surface area contributed by atoms with Gasteiger partial charge in [-0.05, 0) is 58.8 Å². The SMILES string of the molecule is CN=C/C(SF)=C(C)/N=C(\C=C(/C)NCCCCNC)c1ccccc1C. The van der Waals surface area contributed by atoms with E-state index in [1.54, 1.807) is 14.0 Å². The van der Waals surface area contributed by atoms with Gasteiger partial charge in [0.2, 0.25) is 0 Å². The van der Waals surface area contributed by atoms with Gasteiger partial charge in [0.15, 0.2) is 0 Å². The zero-order valence-electron chi connectivity index (χ0n) is 17.0. The lowest BCUT2D eigenvalue weighted by Crippen LogP contribution is -2.16. The Bertz CT molecular complexity index is 708. The summed E-state index contributed by atoms with van der Waals surface area (Å²) in [6.45, 7) is 7.82. The second kappa shape index (κ2) is 13.3. The lowest BCUT2D eigenvalue weighted by molar-refractivity contribution is 0.645. The van der Waals surface area contributed by atoms with Crippen LogP contribution in [0.2, 0.25) is 0 Å². The molecule has 4 nitrogen and oxygen atoms in total. The molecule has 0 aliphatic rings. The molecule has 148 valence electrons. The van der Waals surface area contributed by atoms with Gasteiger partial charge >= 0.3 is 0 Å². The zero-order valence-corrected chi connectivity index (χ0v) is 17.8. The van der Waals surface area contributed by atoms with Crippen molar-refractivity contribution in [3.05, 3.63) is 57.8 Å². The van der Waals surface area contributed by atoms with Crippen LogP contribution in [0.25, 0.3) is 0 Å². The molecule has 0 aliphatic heterocycles. The molecule has 1 rings (SSSR count). The van der Waals surface area contributed by atoms with E-state index in [1.165, 1.54) is 6.21 Å². The molecule has 0 radical (unpaired) electrons. The monoisotopic (exact) mass is 390 g/mol. The third-order valence-corrected chi connectivity index (χ3v) is 4.57. The van der Waals surface area contributed by atoms with Crippen molar-refractivity contribution in [3.8, 4) is 0 Å². The number of hydrogen-bond donors (Lipinski definition) is 2. The van der Waals surface area contributed by atoms with Crippen LogP contribution in [0.3, 0.4) is 0 Å². The molecule has 0 spiro atoms. The third-order valence-electron chi connectivity index (χ3n) is 4.01. The Kier molecular flexibility index (Phi) is 11.4. The van der Waals surface area contributed by atoms with Crippen LogP contribution in [-0.4, -0.2) is 39.1 Å². The van der Waals surface area contributed by atoms with Crippen molar-refractivity contribution >= 4 is 24.1 Å². The van der Waals surface area contributed by atoms with Crippen LogP contribution in [0, 0.1) is 6.92 Å². The number of benzene rings is 1. The van der Waals surface area contributed by atoms with Gasteiger partial charge in [0.05, 0.1) is 28.5 Å². The molecule has 0 aliphatic carbocycles. The molecule has 0 saturated heterocycles. The first-order valence-electron chi connectivity index (χ1n) is 9.16. The summed E-state index contributed by atoms with van der Waals surface area (Å²) in [7, 11) is 3.59. The first kappa shape index (κ1) is 23.1. The first-order valence-corrected chi connectivity index (χ1v) is 9.88. The van der Waals surface area contributed by atoms with Crippen molar-refractivity contribution in [1.82, 2.24) is 10.6 Å². The van der Waals surface area contributed by atoms with E-state index in [0.717, 1.165) is 48.5 Å². The van der Waals surface area contributed by atoms with Crippen LogP contribution in [0.15, 0.2) is 56.6 Å². The molecule has 27 heavy (non-hydrogen) atoms. The van der Waals surface area contributed by atoms with Crippen molar-refractivity contribution < 1.29 is 3.89 Å². The van der Waals surface area contributed by atoms with Crippen LogP contribution < -0.4 is 10.6 Å². The highest BCUT2D eigenvalue weighted by Crippen LogP contribution is 2.21. The van der Waals surface area contributed by atoms with Crippen LogP contribution in [-0.2, 0) is 0 Å². The van der Waals surface area contributed by atoms with Gasteiger partial charge in [-0.25, -0.2) is 0 Å². The highest BCUT2D eigenvalue weighted by Gasteiger charge is 2.07. The van der Waals surface area contributed by atoms with Crippen LogP contribution in [0.5, 0.6) is 0 Å². The molecule has 0 heterocycles. The summed E-state index contributed by atoms with van der Waals surface area (Å²) in [6.07, 6.45) is 5.74. The topological polar surface area (TPSA) is 48.8 Å². The number of unbranched alkanes of at least 4 members (excludes halogenated alkanes) is 1. The Balaban J connectivity index is 3.14. The molecule has 0 saturated carbocycles. The fourth-order valence-corrected chi connectivity index (χ4v) is 2.82. The van der Waals surface area contributed by atoms with E-state index < -0.39 is 0 Å². The molecule has 0 fully saturated rings. The molecule has 0 bridgehead atoms. The highest BCUT2D eigenvalue weighted by molar-refractivity contribution is 7.99. The Labute approximate surface area is 167 Å². The van der Waals surface area contributed by atoms with Crippen molar-refractivity contribution in [3.63, 3.8) is 0 Å². The van der Waals surface area contributed by atoms with Gasteiger partial charge in [-0.1, -0.05) is 24.3 Å². The molecule has 0 amide bonds. The van der Waals surface area contributed by atoms with Crippen LogP contribution in [0.1, 0.15) is 37.8 Å². The number of hydrogen-bond acceptors (Lipinski definition) is 5. The molecule has 1 aromatic rings. The lowest BCUT2D eigenvalue weighted by atomic mass is 10.0. The van der Waals surface area contributed by atoms with Crippen LogP contribution >= 0.6 is 12.1 Å². The molecular formula is C21H31FN4S. The van der Waals surface area contributed by atoms with Crippen molar-refractivity contribution in [1.29, 1.82) is 0 Å². The van der Waals surface area contributed by atoms with E-state index in [2.05, 4.69) is 28.6 Å². The third kappa shape index (κ3) is 8.54. The summed E-state index contributed by atoms with van der Waals surface area (Å²) >= 11 is 0.165. The number of allylic oxidation sites excluding steroid dienone is 4. The van der Waals surface area contributed by atoms with E-state index in [-0.39, 0.29) is 12.1 Å². The largest absolute Gasteiger partial charge is 0.389 e. The Morgan fingerprint density at radius 3 is 2.52 bits per heavy atom. The highest BCUT2D eigenvalue weighted by atomic mass is 32.2. The number of aryl methyl sites for hydroxylation is 1. The number of aliphatic imine (C=N–C) groups is 2. The summed E-state index contributed by atoms with van der Waals surface area (Å²) < 4.78 is 13.2. The van der Waals surface area contributed by atoms with Crippen molar-refractivity contribution in [2.75, 3.05) is 27.2 Å². The Hall–Kier alpha value is -1.92. The average Bonchev–Trinajstić information content (AvgIpc) is 2.65. The molecule has 0 aromatic heterocycles. The van der Waals surface area contributed by atoms with Gasteiger partial charge in [-0.2, -0.15) is 3.89 Å². The minimum absolute atomic E-state index is 0.165. The maximum Gasteiger partial charge on any atom is 0.0847 e. The lowest BCUT2D eigenvalue weighted by Gasteiger charge is -2.11. The molecule has 2 N–H and O–H groups in total. The zero-order chi connectivity index (χ0) is 20.1. The Morgan fingerprint density at radius 1 is 1.19 bits per heavy atom. The van der Waals surface area contributed by atoms with Gasteiger partial charge in [-0.15, -0.1) is 0 Å². The van der Waals surface area contributed by atoms with E-state index in [0.29, 0.717) is 10.6 Å². The number of nitrogens with zero attached hydrogens (tertiary/aromatic N) is 2. The molecule has 1 aromatic carbocycles. The number of rotatable bonds is 11. The van der Waals surface area contributed by atoms with E-state index in [4.69, 9.17) is 4.99 Å². The van der Waals surface area contributed by atoms with Gasteiger partial charge in [0.25, 0.3) is 0 Å². The maximum absolute atomic E-state index is 13.2. The molecule has 6 heteroatoms. The number of nitrogens with one attached hydrogen (secondary N) is 2. The van der Waals surface area contributed by atoms with Gasteiger partial charge < -0.3 is 10.6 Å². The van der Waals surface area contributed by atoms with Gasteiger partial charge in [0.1, 0.15) is 0 Å².